The molecule has 1 N–H and O–H groups in total. The quantitative estimate of drug-likeness (QED) is 0.938. The highest BCUT2D eigenvalue weighted by Crippen LogP contribution is 2.29. The largest absolute Gasteiger partial charge is 0.314 e. The second kappa shape index (κ2) is 6.20. The highest BCUT2D eigenvalue weighted by Gasteiger charge is 2.13. The van der Waals surface area contributed by atoms with Crippen LogP contribution in [0.4, 0.5) is 0 Å². The first kappa shape index (κ1) is 14.0. The van der Waals surface area contributed by atoms with E-state index in [1.807, 2.05) is 11.3 Å². The third-order valence-corrected chi connectivity index (χ3v) is 5.24. The van der Waals surface area contributed by atoms with Gasteiger partial charge in [-0.1, -0.05) is 26.0 Å². The van der Waals surface area contributed by atoms with Gasteiger partial charge in [-0.05, 0) is 18.1 Å². The van der Waals surface area contributed by atoms with Gasteiger partial charge < -0.3 is 10.2 Å². The van der Waals surface area contributed by atoms with E-state index < -0.39 is 0 Å². The van der Waals surface area contributed by atoms with Gasteiger partial charge in [0.1, 0.15) is 0 Å². The van der Waals surface area contributed by atoms with Crippen LogP contribution in [0.1, 0.15) is 30.3 Å². The lowest BCUT2D eigenvalue weighted by atomic mass is 10.1. The van der Waals surface area contributed by atoms with Gasteiger partial charge in [-0.25, -0.2) is 4.98 Å². The number of benzene rings is 1. The maximum atomic E-state index is 4.86. The predicted molar refractivity (Wildman–Crippen MR) is 86.7 cm³/mol. The first-order valence-corrected chi connectivity index (χ1v) is 8.37. The van der Waals surface area contributed by atoms with Gasteiger partial charge in [0.15, 0.2) is 0 Å². The molecule has 1 fully saturated rings. The summed E-state index contributed by atoms with van der Waals surface area (Å²) in [5, 5.41) is 4.66. The highest BCUT2D eigenvalue weighted by atomic mass is 32.1. The summed E-state index contributed by atoms with van der Waals surface area (Å²) in [5.74, 6) is 0.522. The number of piperazine rings is 1. The molecule has 0 atom stereocenters. The van der Waals surface area contributed by atoms with Crippen molar-refractivity contribution in [3.05, 3.63) is 28.8 Å². The maximum Gasteiger partial charge on any atom is 0.0964 e. The number of nitrogens with one attached hydrogen (secondary N) is 1. The van der Waals surface area contributed by atoms with Gasteiger partial charge in [-0.15, -0.1) is 11.3 Å². The van der Waals surface area contributed by atoms with Crippen molar-refractivity contribution in [2.24, 2.45) is 0 Å². The van der Waals surface area contributed by atoms with Gasteiger partial charge in [0, 0.05) is 38.6 Å². The van der Waals surface area contributed by atoms with E-state index >= 15 is 0 Å². The minimum absolute atomic E-state index is 0.522. The van der Waals surface area contributed by atoms with Gasteiger partial charge in [0.2, 0.25) is 0 Å². The molecule has 1 saturated heterocycles. The lowest BCUT2D eigenvalue weighted by molar-refractivity contribution is 0.244. The van der Waals surface area contributed by atoms with Crippen molar-refractivity contribution in [2.75, 3.05) is 32.7 Å². The van der Waals surface area contributed by atoms with E-state index in [0.29, 0.717) is 5.92 Å². The Bertz CT molecular complexity index is 570. The average molecular weight is 289 g/mol. The van der Waals surface area contributed by atoms with Crippen LogP contribution in [0, 0.1) is 0 Å². The van der Waals surface area contributed by atoms with Crippen molar-refractivity contribution in [1.29, 1.82) is 0 Å². The third kappa shape index (κ3) is 3.03. The summed E-state index contributed by atoms with van der Waals surface area (Å²) in [6, 6.07) is 6.62. The van der Waals surface area contributed by atoms with E-state index in [4.69, 9.17) is 4.98 Å². The average Bonchev–Trinajstić information content (AvgIpc) is 2.91. The molecular formula is C16H23N3S. The summed E-state index contributed by atoms with van der Waals surface area (Å²) >= 11 is 1.85. The number of aromatic nitrogens is 1. The second-order valence-corrected chi connectivity index (χ2v) is 6.87. The van der Waals surface area contributed by atoms with Crippen molar-refractivity contribution in [3.63, 3.8) is 0 Å². The van der Waals surface area contributed by atoms with Gasteiger partial charge in [-0.2, -0.15) is 0 Å². The minimum Gasteiger partial charge on any atom is -0.314 e. The number of hydrogen-bond acceptors (Lipinski definition) is 4. The number of nitrogens with zero attached hydrogens (tertiary/aromatic N) is 2. The van der Waals surface area contributed by atoms with E-state index in [-0.39, 0.29) is 0 Å². The van der Waals surface area contributed by atoms with Crippen molar-refractivity contribution in [1.82, 2.24) is 15.2 Å². The van der Waals surface area contributed by atoms with E-state index in [2.05, 4.69) is 42.3 Å². The van der Waals surface area contributed by atoms with E-state index in [0.717, 1.165) is 26.1 Å². The molecule has 0 aliphatic carbocycles. The number of fused-ring (bicyclic) bond motifs is 1. The summed E-state index contributed by atoms with van der Waals surface area (Å²) in [6.07, 6.45) is 1.11. The molecule has 2 aromatic rings. The minimum atomic E-state index is 0.522. The molecule has 0 unspecified atom stereocenters. The maximum absolute atomic E-state index is 4.86. The Labute approximate surface area is 125 Å². The molecule has 108 valence electrons. The fourth-order valence-corrected chi connectivity index (χ4v) is 3.70. The molecule has 3 nitrogen and oxygen atoms in total. The van der Waals surface area contributed by atoms with Gasteiger partial charge in [0.05, 0.1) is 15.2 Å². The topological polar surface area (TPSA) is 28.2 Å². The molecular weight excluding hydrogens is 266 g/mol. The van der Waals surface area contributed by atoms with E-state index in [1.54, 1.807) is 0 Å². The Balaban J connectivity index is 1.76. The molecule has 1 aliphatic heterocycles. The van der Waals surface area contributed by atoms with Crippen LogP contribution in [0.15, 0.2) is 18.2 Å². The number of para-hydroxylation sites is 1. The number of rotatable bonds is 4. The predicted octanol–water partition coefficient (Wildman–Crippen LogP) is 2.87. The van der Waals surface area contributed by atoms with Crippen LogP contribution in [-0.4, -0.2) is 42.6 Å². The highest BCUT2D eigenvalue weighted by molar-refractivity contribution is 7.18. The fourth-order valence-electron chi connectivity index (χ4n) is 2.68. The first-order valence-electron chi connectivity index (χ1n) is 7.55. The van der Waals surface area contributed by atoms with Crippen LogP contribution in [0.25, 0.3) is 10.2 Å². The molecule has 1 aromatic heterocycles. The summed E-state index contributed by atoms with van der Waals surface area (Å²) in [6.45, 7) is 10.2. The number of thiazole rings is 1. The van der Waals surface area contributed by atoms with Gasteiger partial charge in [-0.3, -0.25) is 0 Å². The summed E-state index contributed by atoms with van der Waals surface area (Å²) in [7, 11) is 0. The molecule has 0 saturated carbocycles. The van der Waals surface area contributed by atoms with Crippen molar-refractivity contribution < 1.29 is 0 Å². The van der Waals surface area contributed by atoms with Gasteiger partial charge >= 0.3 is 0 Å². The molecule has 0 amide bonds. The van der Waals surface area contributed by atoms with Crippen LogP contribution >= 0.6 is 11.3 Å². The first-order chi connectivity index (χ1) is 9.74. The van der Waals surface area contributed by atoms with Crippen LogP contribution < -0.4 is 5.32 Å². The lowest BCUT2D eigenvalue weighted by Gasteiger charge is -2.27. The molecule has 0 radical (unpaired) electrons. The van der Waals surface area contributed by atoms with E-state index in [9.17, 15) is 0 Å². The van der Waals surface area contributed by atoms with Crippen LogP contribution in [0.2, 0.25) is 0 Å². The molecule has 2 heterocycles. The Morgan fingerprint density at radius 2 is 2.10 bits per heavy atom. The van der Waals surface area contributed by atoms with E-state index in [1.165, 1.54) is 33.9 Å². The lowest BCUT2D eigenvalue weighted by Crippen LogP contribution is -2.44. The zero-order valence-electron chi connectivity index (χ0n) is 12.4. The molecule has 1 aromatic carbocycles. The monoisotopic (exact) mass is 289 g/mol. The smallest absolute Gasteiger partial charge is 0.0964 e. The third-order valence-electron chi connectivity index (χ3n) is 3.92. The molecule has 1 aliphatic rings. The normalized spacial score (nSPS) is 17.1. The summed E-state index contributed by atoms with van der Waals surface area (Å²) in [5.41, 5.74) is 2.64. The summed E-state index contributed by atoms with van der Waals surface area (Å²) in [4.78, 5) is 7.41. The fraction of sp³-hybridized carbons (Fsp3) is 0.562. The van der Waals surface area contributed by atoms with Crippen LogP contribution in [0.5, 0.6) is 0 Å². The zero-order chi connectivity index (χ0) is 13.9. The second-order valence-electron chi connectivity index (χ2n) is 5.81. The zero-order valence-corrected chi connectivity index (χ0v) is 13.2. The summed E-state index contributed by atoms with van der Waals surface area (Å²) < 4.78 is 1.34. The molecule has 3 rings (SSSR count). The van der Waals surface area contributed by atoms with Crippen LogP contribution in [-0.2, 0) is 6.42 Å². The van der Waals surface area contributed by atoms with Crippen molar-refractivity contribution >= 4 is 21.6 Å². The van der Waals surface area contributed by atoms with Crippen molar-refractivity contribution in [3.8, 4) is 0 Å². The Morgan fingerprint density at radius 3 is 2.85 bits per heavy atom. The molecule has 20 heavy (non-hydrogen) atoms. The molecule has 0 bridgehead atoms. The Kier molecular flexibility index (Phi) is 4.34. The molecule has 4 heteroatoms. The Hall–Kier alpha value is -0.970. The van der Waals surface area contributed by atoms with Crippen molar-refractivity contribution in [2.45, 2.75) is 26.2 Å². The molecule has 0 spiro atoms. The SMILES string of the molecule is CC(C)c1nc2c(CCN3CCNCC3)cccc2s1. The van der Waals surface area contributed by atoms with Crippen LogP contribution in [0.3, 0.4) is 0 Å². The number of hydrogen-bond donors (Lipinski definition) is 1. The van der Waals surface area contributed by atoms with Gasteiger partial charge in [0.25, 0.3) is 0 Å². The standard InChI is InChI=1S/C16H23N3S/c1-12(2)16-18-15-13(4-3-5-14(15)20-16)6-9-19-10-7-17-8-11-19/h3-5,12,17H,6-11H2,1-2H3. The Morgan fingerprint density at radius 1 is 1.30 bits per heavy atom.